The Balaban J connectivity index is 4.35. The maximum atomic E-state index is 5.70. The van der Waals surface area contributed by atoms with Crippen molar-refractivity contribution in [1.82, 2.24) is 0 Å². The van der Waals surface area contributed by atoms with Gasteiger partial charge in [-0.2, -0.15) is 0 Å². The molecule has 1 nitrogen and oxygen atoms in total. The molecule has 0 bridgehead atoms. The van der Waals surface area contributed by atoms with E-state index in [0.717, 1.165) is 0 Å². The van der Waals surface area contributed by atoms with Gasteiger partial charge >= 0.3 is 0 Å². The predicted molar refractivity (Wildman–Crippen MR) is 54.8 cm³/mol. The van der Waals surface area contributed by atoms with Crippen molar-refractivity contribution in [2.24, 2.45) is 0 Å². The molecule has 0 heterocycles. The van der Waals surface area contributed by atoms with Crippen LogP contribution < -0.4 is 0 Å². The van der Waals surface area contributed by atoms with Crippen LogP contribution in [-0.4, -0.2) is 41.9 Å². The van der Waals surface area contributed by atoms with Crippen molar-refractivity contribution in [3.05, 3.63) is 0 Å². The van der Waals surface area contributed by atoms with Crippen molar-refractivity contribution < 1.29 is 4.39 Å². The highest BCUT2D eigenvalue weighted by Crippen LogP contribution is 2.22. The Morgan fingerprint density at radius 3 is 1.18 bits per heavy atom. The van der Waals surface area contributed by atoms with Gasteiger partial charge in [-0.15, -0.1) is 46.4 Å². The standard InChI is InChI=1S/C5H11BCl4N/c1-11(2,3)6(4(7)8)5(9)10/h4-5H,1-3H3. The maximum absolute atomic E-state index is 5.70. The van der Waals surface area contributed by atoms with Crippen LogP contribution in [0, 0.1) is 0 Å². The molecule has 0 spiro atoms. The van der Waals surface area contributed by atoms with Crippen molar-refractivity contribution in [1.29, 1.82) is 0 Å². The lowest BCUT2D eigenvalue weighted by Gasteiger charge is -2.45. The topological polar surface area (TPSA) is 0 Å². The van der Waals surface area contributed by atoms with Gasteiger partial charge in [-0.1, -0.05) is 0 Å². The first kappa shape index (κ1) is 12.2. The van der Waals surface area contributed by atoms with Gasteiger partial charge in [0.25, 0.3) is 0 Å². The fourth-order valence-electron chi connectivity index (χ4n) is 0.786. The quantitative estimate of drug-likeness (QED) is 0.522. The van der Waals surface area contributed by atoms with Gasteiger partial charge in [-0.3, -0.25) is 0 Å². The summed E-state index contributed by atoms with van der Waals surface area (Å²) in [5.74, 6) is 0. The van der Waals surface area contributed by atoms with Gasteiger partial charge in [0.1, 0.15) is 0 Å². The first-order valence-electron chi connectivity index (χ1n) is 3.14. The van der Waals surface area contributed by atoms with Crippen molar-refractivity contribution in [2.45, 2.75) is 9.47 Å². The van der Waals surface area contributed by atoms with Crippen LogP contribution in [0.1, 0.15) is 0 Å². The molecule has 6 heteroatoms. The molecule has 0 aliphatic heterocycles. The summed E-state index contributed by atoms with van der Waals surface area (Å²) in [5, 5.41) is 0. The highest BCUT2D eigenvalue weighted by atomic mass is 35.5. The highest BCUT2D eigenvalue weighted by molar-refractivity contribution is 6.86. The predicted octanol–water partition coefficient (Wildman–Crippen LogP) is 2.37. The van der Waals surface area contributed by atoms with Gasteiger partial charge in [0.15, 0.2) is 6.85 Å². The zero-order valence-electron chi connectivity index (χ0n) is 6.69. The number of nitrogens with zero attached hydrogens (tertiary/aromatic N) is 1. The SMILES string of the molecule is C[N+](C)(C)[B-](C(Cl)Cl)C(Cl)Cl. The van der Waals surface area contributed by atoms with Gasteiger partial charge in [0.05, 0.1) is 0 Å². The first-order valence-corrected chi connectivity index (χ1v) is 4.89. The zero-order chi connectivity index (χ0) is 9.23. The second-order valence-electron chi connectivity index (χ2n) is 3.28. The summed E-state index contributed by atoms with van der Waals surface area (Å²) in [5.41, 5.74) is 0. The summed E-state index contributed by atoms with van der Waals surface area (Å²) in [6.07, 6.45) is 0. The van der Waals surface area contributed by atoms with E-state index in [0.29, 0.717) is 4.39 Å². The summed E-state index contributed by atoms with van der Waals surface area (Å²) in [7, 11) is 5.83. The average Bonchev–Trinajstić information content (AvgIpc) is 1.54. The maximum Gasteiger partial charge on any atom is 0.200 e. The van der Waals surface area contributed by atoms with Gasteiger partial charge in [-0.05, 0) is 0 Å². The summed E-state index contributed by atoms with van der Waals surface area (Å²) in [6.45, 7) is -0.165. The molecule has 0 N–H and O–H groups in total. The van der Waals surface area contributed by atoms with Crippen LogP contribution in [-0.2, 0) is 0 Å². The highest BCUT2D eigenvalue weighted by Gasteiger charge is 2.28. The molecule has 0 unspecified atom stereocenters. The van der Waals surface area contributed by atoms with Crippen LogP contribution in [0.15, 0.2) is 0 Å². The van der Waals surface area contributed by atoms with E-state index in [1.165, 1.54) is 0 Å². The average molecular weight is 238 g/mol. The summed E-state index contributed by atoms with van der Waals surface area (Å²) < 4.78 is -0.542. The Kier molecular flexibility index (Phi) is 4.91. The molecule has 0 atom stereocenters. The van der Waals surface area contributed by atoms with Crippen molar-refractivity contribution in [3.63, 3.8) is 0 Å². The molecule has 0 aromatic carbocycles. The van der Waals surface area contributed by atoms with E-state index < -0.39 is 9.47 Å². The molecule has 0 saturated carbocycles. The van der Waals surface area contributed by atoms with Gasteiger partial charge in [0, 0.05) is 30.6 Å². The molecular formula is C5H11BCl4N. The Hall–Kier alpha value is 1.18. The number of halogens is 4. The van der Waals surface area contributed by atoms with E-state index in [9.17, 15) is 0 Å². The minimum Gasteiger partial charge on any atom is -0.540 e. The van der Waals surface area contributed by atoms with Crippen molar-refractivity contribution in [3.8, 4) is 0 Å². The van der Waals surface area contributed by atoms with E-state index >= 15 is 0 Å². The number of rotatable bonds is 3. The molecule has 0 amide bonds. The molecule has 11 heavy (non-hydrogen) atoms. The Morgan fingerprint density at radius 2 is 1.18 bits per heavy atom. The lowest BCUT2D eigenvalue weighted by Crippen LogP contribution is -2.57. The molecule has 67 valence electrons. The smallest absolute Gasteiger partial charge is 0.200 e. The minimum atomic E-state index is -0.546. The second kappa shape index (κ2) is 4.43. The minimum absolute atomic E-state index is 0.165. The van der Waals surface area contributed by atoms with E-state index in [2.05, 4.69) is 0 Å². The largest absolute Gasteiger partial charge is 0.540 e. The zero-order valence-corrected chi connectivity index (χ0v) is 9.71. The third-order valence-electron chi connectivity index (χ3n) is 1.41. The summed E-state index contributed by atoms with van der Waals surface area (Å²) >= 11 is 22.8. The Labute approximate surface area is 88.2 Å². The number of alkyl halides is 4. The molecular weight excluding hydrogens is 227 g/mol. The molecule has 0 aliphatic carbocycles. The number of hydrogen-bond donors (Lipinski definition) is 0. The van der Waals surface area contributed by atoms with Crippen molar-refractivity contribution >= 4 is 53.3 Å². The first-order chi connectivity index (χ1) is 4.76. The molecule has 1 radical (unpaired) electrons. The lowest BCUT2D eigenvalue weighted by molar-refractivity contribution is -0.762. The van der Waals surface area contributed by atoms with Gasteiger partial charge in [0.2, 0.25) is 0 Å². The monoisotopic (exact) mass is 236 g/mol. The normalized spacial score (nSPS) is 13.6. The number of quaternary nitrogens is 1. The van der Waals surface area contributed by atoms with Crippen LogP contribution in [0.4, 0.5) is 0 Å². The van der Waals surface area contributed by atoms with E-state index in [1.54, 1.807) is 0 Å². The van der Waals surface area contributed by atoms with Crippen LogP contribution in [0.2, 0.25) is 0 Å². The lowest BCUT2D eigenvalue weighted by atomic mass is 9.63. The van der Waals surface area contributed by atoms with Crippen LogP contribution in [0.3, 0.4) is 0 Å². The van der Waals surface area contributed by atoms with Gasteiger partial charge in [-0.25, -0.2) is 0 Å². The number of hydrogen-bond acceptors (Lipinski definition) is 0. The van der Waals surface area contributed by atoms with Crippen LogP contribution in [0.25, 0.3) is 0 Å². The molecule has 0 saturated heterocycles. The third-order valence-corrected chi connectivity index (χ3v) is 2.44. The summed E-state index contributed by atoms with van der Waals surface area (Å²) in [6, 6.07) is 0. The molecule has 0 aromatic rings. The van der Waals surface area contributed by atoms with E-state index in [4.69, 9.17) is 46.4 Å². The van der Waals surface area contributed by atoms with E-state index in [-0.39, 0.29) is 6.85 Å². The van der Waals surface area contributed by atoms with Crippen LogP contribution in [0.5, 0.6) is 0 Å². The fourth-order valence-corrected chi connectivity index (χ4v) is 3.02. The summed E-state index contributed by atoms with van der Waals surface area (Å²) in [4.78, 5) is 0. The molecule has 0 rings (SSSR count). The third kappa shape index (κ3) is 4.09. The van der Waals surface area contributed by atoms with Crippen LogP contribution >= 0.6 is 46.4 Å². The molecule has 0 aromatic heterocycles. The fraction of sp³-hybridized carbons (Fsp3) is 1.00. The van der Waals surface area contributed by atoms with E-state index in [1.807, 2.05) is 21.1 Å². The molecule has 0 fully saturated rings. The Morgan fingerprint density at radius 1 is 0.909 bits per heavy atom. The Bertz CT molecular complexity index is 114. The van der Waals surface area contributed by atoms with Crippen molar-refractivity contribution in [2.75, 3.05) is 21.1 Å². The van der Waals surface area contributed by atoms with Gasteiger partial charge < -0.3 is 4.39 Å². The molecule has 0 aliphatic rings. The second-order valence-corrected chi connectivity index (χ2v) is 5.60.